The summed E-state index contributed by atoms with van der Waals surface area (Å²) < 4.78 is 32.4. The summed E-state index contributed by atoms with van der Waals surface area (Å²) in [7, 11) is -3.59. The molecule has 0 saturated heterocycles. The first-order valence-electron chi connectivity index (χ1n) is 7.50. The van der Waals surface area contributed by atoms with Crippen molar-refractivity contribution in [3.8, 4) is 5.75 Å². The van der Waals surface area contributed by atoms with Crippen molar-refractivity contribution >= 4 is 21.6 Å². The van der Waals surface area contributed by atoms with Crippen LogP contribution in [0.2, 0.25) is 0 Å². The molecule has 22 heavy (non-hydrogen) atoms. The molecule has 0 aliphatic carbocycles. The highest BCUT2D eigenvalue weighted by Gasteiger charge is 2.17. The number of nitrogens with one attached hydrogen (secondary N) is 2. The summed E-state index contributed by atoms with van der Waals surface area (Å²) in [5, 5.41) is 2.67. The highest BCUT2D eigenvalue weighted by atomic mass is 32.2. The minimum absolute atomic E-state index is 0.110. The maximum absolute atomic E-state index is 12.2. The van der Waals surface area contributed by atoms with Crippen molar-refractivity contribution in [3.63, 3.8) is 0 Å². The first-order chi connectivity index (χ1) is 10.4. The van der Waals surface area contributed by atoms with E-state index < -0.39 is 10.0 Å². The first kappa shape index (κ1) is 18.4. The number of sulfonamides is 1. The standard InChI is InChI=1S/C15H24N2O4S/c1-4-7-10-16-22(19,20)12-8-9-14(21-6-3)13(11-12)17-15(18)5-2/h8-9,11,16H,4-7,10H2,1-3H3,(H,17,18). The second-order valence-electron chi connectivity index (χ2n) is 4.74. The topological polar surface area (TPSA) is 84.5 Å². The van der Waals surface area contributed by atoms with Crippen LogP contribution in [0.3, 0.4) is 0 Å². The Bertz CT molecular complexity index is 600. The average molecular weight is 328 g/mol. The van der Waals surface area contributed by atoms with E-state index in [9.17, 15) is 13.2 Å². The molecule has 0 aliphatic heterocycles. The Morgan fingerprint density at radius 2 is 1.95 bits per heavy atom. The molecule has 0 unspecified atom stereocenters. The predicted molar refractivity (Wildman–Crippen MR) is 86.6 cm³/mol. The van der Waals surface area contributed by atoms with Crippen molar-refractivity contribution in [3.05, 3.63) is 18.2 Å². The largest absolute Gasteiger partial charge is 0.492 e. The second-order valence-corrected chi connectivity index (χ2v) is 6.51. The molecule has 7 heteroatoms. The average Bonchev–Trinajstić information content (AvgIpc) is 2.49. The van der Waals surface area contributed by atoms with Gasteiger partial charge in [-0.05, 0) is 31.5 Å². The van der Waals surface area contributed by atoms with Gasteiger partial charge in [0.05, 0.1) is 17.2 Å². The number of carbonyl (C=O) groups is 1. The molecule has 1 aromatic rings. The van der Waals surface area contributed by atoms with Crippen LogP contribution >= 0.6 is 0 Å². The number of anilines is 1. The third kappa shape index (κ3) is 5.31. The Morgan fingerprint density at radius 3 is 2.55 bits per heavy atom. The molecule has 0 saturated carbocycles. The van der Waals surface area contributed by atoms with E-state index in [1.165, 1.54) is 12.1 Å². The summed E-state index contributed by atoms with van der Waals surface area (Å²) >= 11 is 0. The van der Waals surface area contributed by atoms with Crippen LogP contribution in [0.15, 0.2) is 23.1 Å². The zero-order valence-corrected chi connectivity index (χ0v) is 14.1. The second kappa shape index (κ2) is 8.75. The lowest BCUT2D eigenvalue weighted by atomic mass is 10.3. The van der Waals surface area contributed by atoms with E-state index in [1.54, 1.807) is 13.0 Å². The quantitative estimate of drug-likeness (QED) is 0.682. The fourth-order valence-corrected chi connectivity index (χ4v) is 2.86. The predicted octanol–water partition coefficient (Wildman–Crippen LogP) is 2.51. The van der Waals surface area contributed by atoms with Crippen LogP contribution in [0, 0.1) is 0 Å². The number of hydrogen-bond donors (Lipinski definition) is 2. The SMILES string of the molecule is CCCCNS(=O)(=O)c1ccc(OCC)c(NC(=O)CC)c1. The van der Waals surface area contributed by atoms with Crippen LogP contribution in [-0.4, -0.2) is 27.5 Å². The van der Waals surface area contributed by atoms with E-state index in [1.807, 2.05) is 13.8 Å². The summed E-state index contributed by atoms with van der Waals surface area (Å²) in [5.41, 5.74) is 0.368. The fourth-order valence-electron chi connectivity index (χ4n) is 1.76. The molecule has 0 atom stereocenters. The number of benzene rings is 1. The summed E-state index contributed by atoms with van der Waals surface area (Å²) in [6, 6.07) is 4.46. The lowest BCUT2D eigenvalue weighted by molar-refractivity contribution is -0.115. The van der Waals surface area contributed by atoms with E-state index >= 15 is 0 Å². The van der Waals surface area contributed by atoms with Crippen molar-refractivity contribution in [2.45, 2.75) is 44.9 Å². The zero-order chi connectivity index (χ0) is 16.6. The molecule has 0 spiro atoms. The molecule has 0 aromatic heterocycles. The van der Waals surface area contributed by atoms with Gasteiger partial charge in [0.25, 0.3) is 0 Å². The number of amides is 1. The van der Waals surface area contributed by atoms with Crippen molar-refractivity contribution in [1.82, 2.24) is 4.72 Å². The maximum Gasteiger partial charge on any atom is 0.240 e. The van der Waals surface area contributed by atoms with Crippen LogP contribution in [0.25, 0.3) is 0 Å². The molecule has 124 valence electrons. The van der Waals surface area contributed by atoms with Gasteiger partial charge in [-0.3, -0.25) is 4.79 Å². The summed E-state index contributed by atoms with van der Waals surface area (Å²) in [6.45, 7) is 6.35. The lowest BCUT2D eigenvalue weighted by Crippen LogP contribution is -2.25. The van der Waals surface area contributed by atoms with E-state index in [0.29, 0.717) is 31.0 Å². The van der Waals surface area contributed by atoms with Crippen molar-refractivity contribution in [2.75, 3.05) is 18.5 Å². The fraction of sp³-hybridized carbons (Fsp3) is 0.533. The van der Waals surface area contributed by atoms with Crippen LogP contribution in [-0.2, 0) is 14.8 Å². The van der Waals surface area contributed by atoms with Crippen LogP contribution in [0.4, 0.5) is 5.69 Å². The van der Waals surface area contributed by atoms with E-state index in [2.05, 4.69) is 10.0 Å². The van der Waals surface area contributed by atoms with E-state index in [4.69, 9.17) is 4.74 Å². The van der Waals surface area contributed by atoms with Crippen molar-refractivity contribution in [2.24, 2.45) is 0 Å². The molecule has 0 heterocycles. The normalized spacial score (nSPS) is 11.2. The van der Waals surface area contributed by atoms with Gasteiger partial charge in [-0.15, -0.1) is 0 Å². The van der Waals surface area contributed by atoms with Gasteiger partial charge in [0.15, 0.2) is 0 Å². The molecule has 0 aliphatic rings. The first-order valence-corrected chi connectivity index (χ1v) is 8.99. The third-order valence-corrected chi connectivity index (χ3v) is 4.44. The summed E-state index contributed by atoms with van der Waals surface area (Å²) in [4.78, 5) is 11.7. The van der Waals surface area contributed by atoms with Gasteiger partial charge >= 0.3 is 0 Å². The smallest absolute Gasteiger partial charge is 0.240 e. The molecular weight excluding hydrogens is 304 g/mol. The van der Waals surface area contributed by atoms with Crippen LogP contribution in [0.1, 0.15) is 40.0 Å². The number of unbranched alkanes of at least 4 members (excludes halogenated alkanes) is 1. The van der Waals surface area contributed by atoms with Gasteiger partial charge in [0, 0.05) is 13.0 Å². The summed E-state index contributed by atoms with van der Waals surface area (Å²) in [5.74, 6) is 0.256. The highest BCUT2D eigenvalue weighted by Crippen LogP contribution is 2.28. The Hall–Kier alpha value is -1.60. The van der Waals surface area contributed by atoms with Gasteiger partial charge in [0.2, 0.25) is 15.9 Å². The number of rotatable bonds is 9. The number of carbonyl (C=O) groups excluding carboxylic acids is 1. The molecular formula is C15H24N2O4S. The Morgan fingerprint density at radius 1 is 1.23 bits per heavy atom. The Labute approximate surface area is 132 Å². The molecule has 1 amide bonds. The molecule has 0 radical (unpaired) electrons. The van der Waals surface area contributed by atoms with Crippen molar-refractivity contribution < 1.29 is 17.9 Å². The third-order valence-electron chi connectivity index (χ3n) is 2.98. The molecule has 1 rings (SSSR count). The lowest BCUT2D eigenvalue weighted by Gasteiger charge is -2.13. The highest BCUT2D eigenvalue weighted by molar-refractivity contribution is 7.89. The van der Waals surface area contributed by atoms with Gasteiger partial charge in [0.1, 0.15) is 5.75 Å². The van der Waals surface area contributed by atoms with E-state index in [-0.39, 0.29) is 10.8 Å². The molecule has 0 fully saturated rings. The van der Waals surface area contributed by atoms with Crippen LogP contribution in [0.5, 0.6) is 5.75 Å². The minimum Gasteiger partial charge on any atom is -0.492 e. The minimum atomic E-state index is -3.59. The zero-order valence-electron chi connectivity index (χ0n) is 13.3. The summed E-state index contributed by atoms with van der Waals surface area (Å²) in [6.07, 6.45) is 1.98. The van der Waals surface area contributed by atoms with Gasteiger partial charge < -0.3 is 10.1 Å². The van der Waals surface area contributed by atoms with E-state index in [0.717, 1.165) is 12.8 Å². The maximum atomic E-state index is 12.2. The van der Waals surface area contributed by atoms with Gasteiger partial charge in [-0.2, -0.15) is 0 Å². The monoisotopic (exact) mass is 328 g/mol. The molecule has 1 aromatic carbocycles. The molecule has 2 N–H and O–H groups in total. The molecule has 0 bridgehead atoms. The number of ether oxygens (including phenoxy) is 1. The Balaban J connectivity index is 3.06. The van der Waals surface area contributed by atoms with Gasteiger partial charge in [-0.1, -0.05) is 20.3 Å². The molecule has 6 nitrogen and oxygen atoms in total. The Kier molecular flexibility index (Phi) is 7.34. The van der Waals surface area contributed by atoms with Crippen LogP contribution < -0.4 is 14.8 Å². The number of hydrogen-bond acceptors (Lipinski definition) is 4. The van der Waals surface area contributed by atoms with Crippen molar-refractivity contribution in [1.29, 1.82) is 0 Å². The van der Waals surface area contributed by atoms with Gasteiger partial charge in [-0.25, -0.2) is 13.1 Å².